The van der Waals surface area contributed by atoms with Gasteiger partial charge in [-0.15, -0.1) is 0 Å². The first-order valence-electron chi connectivity index (χ1n) is 8.93. The molecule has 0 saturated heterocycles. The molecule has 23 heavy (non-hydrogen) atoms. The van der Waals surface area contributed by atoms with Crippen molar-refractivity contribution in [1.29, 1.82) is 0 Å². The average molecular weight is 342 g/mol. The predicted octanol–water partition coefficient (Wildman–Crippen LogP) is -0.603. The number of nitrogens with two attached hydrogens (primary N) is 1. The van der Waals surface area contributed by atoms with Crippen LogP contribution in [0.2, 0.25) is 0 Å². The Morgan fingerprint density at radius 3 is 2.26 bits per heavy atom. The number of aliphatic hydroxyl groups excluding tert-OH is 2. The van der Waals surface area contributed by atoms with E-state index in [-0.39, 0.29) is 24.6 Å². The van der Waals surface area contributed by atoms with Crippen molar-refractivity contribution >= 4 is 0 Å². The van der Waals surface area contributed by atoms with Gasteiger partial charge in [0.05, 0.1) is 12.6 Å². The van der Waals surface area contributed by atoms with E-state index in [2.05, 4.69) is 12.2 Å². The van der Waals surface area contributed by atoms with Crippen molar-refractivity contribution in [3.8, 4) is 0 Å². The van der Waals surface area contributed by atoms with E-state index >= 15 is 0 Å². The minimum Gasteiger partial charge on any atom is -1.00 e. The summed E-state index contributed by atoms with van der Waals surface area (Å²) in [5, 5.41) is 22.9. The second-order valence-electron chi connectivity index (χ2n) is 6.85. The molecule has 0 heterocycles. The lowest BCUT2D eigenvalue weighted by molar-refractivity contribution is -0.695. The van der Waals surface area contributed by atoms with Gasteiger partial charge < -0.3 is 27.9 Å². The summed E-state index contributed by atoms with van der Waals surface area (Å²) in [5.74, 6) is 0.491. The van der Waals surface area contributed by atoms with E-state index in [9.17, 15) is 10.2 Å². The molecule has 132 valence electrons. The number of hydrogen-bond donors (Lipinski definition) is 3. The van der Waals surface area contributed by atoms with Gasteiger partial charge in [-0.05, 0) is 31.2 Å². The zero-order chi connectivity index (χ0) is 15.8. The molecule has 4 heteroatoms. The first-order valence-corrected chi connectivity index (χ1v) is 8.93. The lowest BCUT2D eigenvalue weighted by Crippen LogP contribution is -3.00. The topological polar surface area (TPSA) is 57.1 Å². The molecule has 0 aliphatic heterocycles. The number of rotatable bonds is 7. The van der Waals surface area contributed by atoms with Crippen molar-refractivity contribution in [2.45, 2.75) is 70.1 Å². The molecule has 0 spiro atoms. The third-order valence-electron chi connectivity index (χ3n) is 5.08. The second-order valence-corrected chi connectivity index (χ2v) is 6.85. The van der Waals surface area contributed by atoms with Crippen LogP contribution >= 0.6 is 0 Å². The monoisotopic (exact) mass is 341 g/mol. The summed E-state index contributed by atoms with van der Waals surface area (Å²) < 4.78 is 0. The number of hydrogen-bond acceptors (Lipinski definition) is 2. The fourth-order valence-electron chi connectivity index (χ4n) is 3.54. The van der Waals surface area contributed by atoms with Crippen LogP contribution in [0.3, 0.4) is 0 Å². The Morgan fingerprint density at radius 2 is 1.65 bits per heavy atom. The summed E-state index contributed by atoms with van der Waals surface area (Å²) in [6, 6.07) is 9.93. The highest BCUT2D eigenvalue weighted by molar-refractivity contribution is 5.17. The molecule has 1 saturated carbocycles. The largest absolute Gasteiger partial charge is 1.00 e. The molecule has 3 nitrogen and oxygen atoms in total. The van der Waals surface area contributed by atoms with Crippen molar-refractivity contribution in [2.75, 3.05) is 6.54 Å². The minimum atomic E-state index is -0.448. The first-order chi connectivity index (χ1) is 10.7. The summed E-state index contributed by atoms with van der Waals surface area (Å²) >= 11 is 0. The van der Waals surface area contributed by atoms with E-state index in [1.54, 1.807) is 0 Å². The van der Waals surface area contributed by atoms with E-state index in [1.807, 2.05) is 30.3 Å². The van der Waals surface area contributed by atoms with E-state index in [1.165, 1.54) is 38.5 Å². The molecule has 3 unspecified atom stereocenters. The zero-order valence-electron chi connectivity index (χ0n) is 14.2. The van der Waals surface area contributed by atoms with E-state index < -0.39 is 6.10 Å². The summed E-state index contributed by atoms with van der Waals surface area (Å²) in [6.45, 7) is 2.93. The highest BCUT2D eigenvalue weighted by atomic mass is 35.5. The molecular weight excluding hydrogens is 310 g/mol. The summed E-state index contributed by atoms with van der Waals surface area (Å²) in [5.41, 5.74) is 0.968. The third kappa shape index (κ3) is 6.80. The van der Waals surface area contributed by atoms with Crippen LogP contribution in [0.1, 0.15) is 63.5 Å². The Labute approximate surface area is 146 Å². The second kappa shape index (κ2) is 11.0. The lowest BCUT2D eigenvalue weighted by atomic mass is 9.92. The lowest BCUT2D eigenvalue weighted by Gasteiger charge is -2.22. The highest BCUT2D eigenvalue weighted by Crippen LogP contribution is 2.26. The molecule has 0 amide bonds. The Kier molecular flexibility index (Phi) is 9.80. The van der Waals surface area contributed by atoms with E-state index in [0.29, 0.717) is 5.92 Å². The smallest absolute Gasteiger partial charge is 0.130 e. The molecule has 1 aliphatic carbocycles. The van der Waals surface area contributed by atoms with E-state index in [0.717, 1.165) is 18.5 Å². The van der Waals surface area contributed by atoms with Crippen LogP contribution in [0, 0.1) is 5.92 Å². The van der Waals surface area contributed by atoms with Crippen LogP contribution in [-0.4, -0.2) is 28.9 Å². The van der Waals surface area contributed by atoms with E-state index in [4.69, 9.17) is 0 Å². The van der Waals surface area contributed by atoms with Gasteiger partial charge in [-0.1, -0.05) is 56.0 Å². The molecule has 1 aliphatic rings. The van der Waals surface area contributed by atoms with Gasteiger partial charge >= 0.3 is 0 Å². The normalized spacial score (nSPS) is 20.1. The first kappa shape index (κ1) is 20.4. The molecule has 0 aromatic heterocycles. The Bertz CT molecular complexity index is 407. The maximum Gasteiger partial charge on any atom is 0.130 e. The van der Waals surface area contributed by atoms with Crippen molar-refractivity contribution in [3.05, 3.63) is 35.9 Å². The number of benzene rings is 1. The zero-order valence-corrected chi connectivity index (χ0v) is 15.0. The van der Waals surface area contributed by atoms with Gasteiger partial charge in [0.1, 0.15) is 12.1 Å². The summed E-state index contributed by atoms with van der Waals surface area (Å²) in [4.78, 5) is 0. The molecule has 4 N–H and O–H groups in total. The van der Waals surface area contributed by atoms with Gasteiger partial charge in [0.25, 0.3) is 0 Å². The molecule has 0 bridgehead atoms. The quantitative estimate of drug-likeness (QED) is 0.580. The summed E-state index contributed by atoms with van der Waals surface area (Å²) in [6.07, 6.45) is 7.78. The fourth-order valence-corrected chi connectivity index (χ4v) is 3.54. The molecule has 1 aromatic rings. The van der Waals surface area contributed by atoms with Crippen LogP contribution in [0.4, 0.5) is 0 Å². The number of quaternary nitrogens is 1. The van der Waals surface area contributed by atoms with Crippen molar-refractivity contribution in [1.82, 2.24) is 0 Å². The predicted molar refractivity (Wildman–Crippen MR) is 89.5 cm³/mol. The Hall–Kier alpha value is -0.610. The summed E-state index contributed by atoms with van der Waals surface area (Å²) in [7, 11) is 0. The molecule has 1 aromatic carbocycles. The van der Waals surface area contributed by atoms with Crippen molar-refractivity contribution in [2.24, 2.45) is 5.92 Å². The molecule has 3 atom stereocenters. The van der Waals surface area contributed by atoms with Crippen LogP contribution in [0.5, 0.6) is 0 Å². The van der Waals surface area contributed by atoms with Gasteiger partial charge in [0.15, 0.2) is 0 Å². The van der Waals surface area contributed by atoms with Gasteiger partial charge in [-0.25, -0.2) is 0 Å². The standard InChI is InChI=1S/C19H31NO2.ClH/c1-15(19(22)17-11-7-4-8-12-17)20-14-13-18(21)16-9-5-2-3-6-10-16;/h4,7-8,11-12,15-16,18-22H,2-3,5-6,9-10,13-14H2,1H3;1H. The Morgan fingerprint density at radius 1 is 1.04 bits per heavy atom. The third-order valence-corrected chi connectivity index (χ3v) is 5.08. The molecule has 1 fully saturated rings. The van der Waals surface area contributed by atoms with Gasteiger partial charge in [0.2, 0.25) is 0 Å². The average Bonchev–Trinajstić information content (AvgIpc) is 2.84. The maximum absolute atomic E-state index is 10.4. The van der Waals surface area contributed by atoms with Gasteiger partial charge in [-0.2, -0.15) is 0 Å². The molecular formula is C19H32ClNO2. The van der Waals surface area contributed by atoms with Gasteiger partial charge in [0, 0.05) is 6.42 Å². The maximum atomic E-state index is 10.4. The Balaban J connectivity index is 0.00000264. The minimum absolute atomic E-state index is 0. The van der Waals surface area contributed by atoms with Gasteiger partial charge in [-0.3, -0.25) is 0 Å². The van der Waals surface area contributed by atoms with Crippen LogP contribution < -0.4 is 17.7 Å². The van der Waals surface area contributed by atoms with Crippen LogP contribution in [-0.2, 0) is 0 Å². The van der Waals surface area contributed by atoms with Crippen LogP contribution in [0.15, 0.2) is 30.3 Å². The number of aliphatic hydroxyl groups is 2. The van der Waals surface area contributed by atoms with Crippen LogP contribution in [0.25, 0.3) is 0 Å². The SMILES string of the molecule is CC([NH2+]CCC(O)C1CCCCCC1)C(O)c1ccccc1.[Cl-]. The molecule has 2 rings (SSSR count). The fraction of sp³-hybridized carbons (Fsp3) is 0.684. The van der Waals surface area contributed by atoms with Crippen molar-refractivity contribution < 1.29 is 27.9 Å². The van der Waals surface area contributed by atoms with Crippen molar-refractivity contribution in [3.63, 3.8) is 0 Å². The molecule has 0 radical (unpaired) electrons. The number of halogens is 1. The highest BCUT2D eigenvalue weighted by Gasteiger charge is 2.23.